The lowest BCUT2D eigenvalue weighted by Gasteiger charge is -2.03. The van der Waals surface area contributed by atoms with Crippen LogP contribution in [0, 0.1) is 6.92 Å². The lowest BCUT2D eigenvalue weighted by molar-refractivity contribution is 0.903. The molecule has 12 heavy (non-hydrogen) atoms. The van der Waals surface area contributed by atoms with E-state index in [1.54, 1.807) is 18.4 Å². The van der Waals surface area contributed by atoms with E-state index in [0.29, 0.717) is 5.11 Å². The first kappa shape index (κ1) is 9.41. The Balaban J connectivity index is 2.38. The molecule has 0 aromatic carbocycles. The molecule has 0 saturated heterocycles. The van der Waals surface area contributed by atoms with Gasteiger partial charge in [0.25, 0.3) is 0 Å². The third-order valence-corrected chi connectivity index (χ3v) is 2.58. The van der Waals surface area contributed by atoms with Crippen molar-refractivity contribution in [3.05, 3.63) is 16.1 Å². The molecule has 0 radical (unpaired) electrons. The van der Waals surface area contributed by atoms with Crippen molar-refractivity contribution in [2.45, 2.75) is 13.5 Å². The molecule has 1 aromatic rings. The van der Waals surface area contributed by atoms with Crippen LogP contribution in [0.3, 0.4) is 0 Å². The van der Waals surface area contributed by atoms with Gasteiger partial charge in [-0.25, -0.2) is 4.98 Å². The number of thiocarbonyl (C=S) groups is 1. The zero-order valence-corrected chi connectivity index (χ0v) is 8.68. The van der Waals surface area contributed by atoms with E-state index in [2.05, 4.69) is 15.6 Å². The maximum Gasteiger partial charge on any atom is 0.166 e. The Bertz CT molecular complexity index is 269. The smallest absolute Gasteiger partial charge is 0.166 e. The van der Waals surface area contributed by atoms with Crippen LogP contribution in [0.4, 0.5) is 0 Å². The lowest BCUT2D eigenvalue weighted by Crippen LogP contribution is -2.31. The monoisotopic (exact) mass is 201 g/mol. The predicted molar refractivity (Wildman–Crippen MR) is 55.3 cm³/mol. The summed E-state index contributed by atoms with van der Waals surface area (Å²) in [6.45, 7) is 2.75. The molecule has 5 heteroatoms. The second kappa shape index (κ2) is 4.37. The largest absolute Gasteiger partial charge is 0.366 e. The number of hydrogen-bond donors (Lipinski definition) is 2. The first-order valence-electron chi connectivity index (χ1n) is 3.59. The maximum absolute atomic E-state index is 4.92. The van der Waals surface area contributed by atoms with Crippen molar-refractivity contribution in [2.75, 3.05) is 7.05 Å². The third-order valence-electron chi connectivity index (χ3n) is 1.32. The van der Waals surface area contributed by atoms with Gasteiger partial charge in [0.05, 0.1) is 11.6 Å². The van der Waals surface area contributed by atoms with E-state index in [1.807, 2.05) is 13.1 Å². The van der Waals surface area contributed by atoms with Crippen LogP contribution < -0.4 is 10.6 Å². The average molecular weight is 201 g/mol. The molecule has 0 unspecified atom stereocenters. The molecular weight excluding hydrogens is 190 g/mol. The summed E-state index contributed by atoms with van der Waals surface area (Å²) in [6.07, 6.45) is 1.87. The molecule has 0 aliphatic heterocycles. The lowest BCUT2D eigenvalue weighted by atomic mass is 10.5. The number of aromatic nitrogens is 1. The second-order valence-electron chi connectivity index (χ2n) is 2.28. The number of aryl methyl sites for hydroxylation is 1. The summed E-state index contributed by atoms with van der Waals surface area (Å²) in [5.41, 5.74) is 0. The van der Waals surface area contributed by atoms with E-state index in [-0.39, 0.29) is 0 Å². The number of nitrogens with zero attached hydrogens (tertiary/aromatic N) is 1. The highest BCUT2D eigenvalue weighted by molar-refractivity contribution is 7.80. The summed E-state index contributed by atoms with van der Waals surface area (Å²) in [7, 11) is 1.80. The molecule has 0 fully saturated rings. The minimum atomic E-state index is 0.668. The van der Waals surface area contributed by atoms with Crippen molar-refractivity contribution in [2.24, 2.45) is 0 Å². The molecule has 0 aliphatic carbocycles. The summed E-state index contributed by atoms with van der Waals surface area (Å²) in [5, 5.41) is 7.65. The van der Waals surface area contributed by atoms with Crippen LogP contribution in [0.15, 0.2) is 6.20 Å². The van der Waals surface area contributed by atoms with Gasteiger partial charge in [0, 0.05) is 18.1 Å². The molecule has 1 aromatic heterocycles. The van der Waals surface area contributed by atoms with Crippen LogP contribution >= 0.6 is 23.6 Å². The summed E-state index contributed by atoms with van der Waals surface area (Å²) in [5.74, 6) is 0. The first-order valence-corrected chi connectivity index (χ1v) is 4.81. The molecule has 0 bridgehead atoms. The molecule has 0 atom stereocenters. The SMILES string of the molecule is CNC(=S)NCc1cnc(C)s1. The first-order chi connectivity index (χ1) is 5.72. The normalized spacial score (nSPS) is 9.50. The van der Waals surface area contributed by atoms with Crippen molar-refractivity contribution in [1.29, 1.82) is 0 Å². The molecule has 2 N–H and O–H groups in total. The number of hydrogen-bond acceptors (Lipinski definition) is 3. The fourth-order valence-electron chi connectivity index (χ4n) is 0.743. The fourth-order valence-corrected chi connectivity index (χ4v) is 1.55. The van der Waals surface area contributed by atoms with E-state index >= 15 is 0 Å². The van der Waals surface area contributed by atoms with Crippen molar-refractivity contribution in [1.82, 2.24) is 15.6 Å². The van der Waals surface area contributed by atoms with E-state index in [1.165, 1.54) is 4.88 Å². The molecule has 0 amide bonds. The van der Waals surface area contributed by atoms with Gasteiger partial charge < -0.3 is 10.6 Å². The highest BCUT2D eigenvalue weighted by Crippen LogP contribution is 2.10. The molecule has 0 aliphatic rings. The van der Waals surface area contributed by atoms with Gasteiger partial charge >= 0.3 is 0 Å². The molecule has 1 rings (SSSR count). The maximum atomic E-state index is 4.92. The Kier molecular flexibility index (Phi) is 3.43. The Morgan fingerprint density at radius 3 is 3.00 bits per heavy atom. The Morgan fingerprint density at radius 2 is 2.50 bits per heavy atom. The Morgan fingerprint density at radius 1 is 1.75 bits per heavy atom. The molecule has 0 spiro atoms. The summed E-state index contributed by atoms with van der Waals surface area (Å²) in [4.78, 5) is 5.33. The van der Waals surface area contributed by atoms with Gasteiger partial charge in [-0.1, -0.05) is 0 Å². The van der Waals surface area contributed by atoms with Crippen LogP contribution in [0.5, 0.6) is 0 Å². The van der Waals surface area contributed by atoms with Crippen LogP contribution in [0.2, 0.25) is 0 Å². The Labute approximate surface area is 81.2 Å². The standard InChI is InChI=1S/C7H11N3S2/c1-5-9-3-6(12-5)4-10-7(11)8-2/h3H,4H2,1-2H3,(H2,8,10,11). The highest BCUT2D eigenvalue weighted by Gasteiger charge is 1.97. The number of rotatable bonds is 2. The minimum Gasteiger partial charge on any atom is -0.366 e. The molecular formula is C7H11N3S2. The zero-order valence-electron chi connectivity index (χ0n) is 7.05. The van der Waals surface area contributed by atoms with Gasteiger partial charge in [0.15, 0.2) is 5.11 Å². The quantitative estimate of drug-likeness (QED) is 0.701. The second-order valence-corrected chi connectivity index (χ2v) is 4.01. The van der Waals surface area contributed by atoms with Crippen LogP contribution in [-0.4, -0.2) is 17.1 Å². The minimum absolute atomic E-state index is 0.668. The van der Waals surface area contributed by atoms with Gasteiger partial charge in [-0.15, -0.1) is 11.3 Å². The van der Waals surface area contributed by atoms with Crippen LogP contribution in [0.1, 0.15) is 9.88 Å². The fraction of sp³-hybridized carbons (Fsp3) is 0.429. The van der Waals surface area contributed by atoms with E-state index < -0.39 is 0 Å². The van der Waals surface area contributed by atoms with Gasteiger partial charge in [-0.3, -0.25) is 0 Å². The third kappa shape index (κ3) is 2.75. The average Bonchev–Trinajstić information content (AvgIpc) is 2.47. The number of nitrogens with one attached hydrogen (secondary N) is 2. The topological polar surface area (TPSA) is 37.0 Å². The summed E-state index contributed by atoms with van der Waals surface area (Å²) in [6, 6.07) is 0. The van der Waals surface area contributed by atoms with Crippen molar-refractivity contribution >= 4 is 28.7 Å². The number of thiazole rings is 1. The van der Waals surface area contributed by atoms with E-state index in [4.69, 9.17) is 12.2 Å². The van der Waals surface area contributed by atoms with Gasteiger partial charge in [-0.2, -0.15) is 0 Å². The molecule has 1 heterocycles. The van der Waals surface area contributed by atoms with Crippen LogP contribution in [0.25, 0.3) is 0 Å². The van der Waals surface area contributed by atoms with Gasteiger partial charge in [0.1, 0.15) is 0 Å². The van der Waals surface area contributed by atoms with E-state index in [0.717, 1.165) is 11.6 Å². The van der Waals surface area contributed by atoms with Crippen LogP contribution in [-0.2, 0) is 6.54 Å². The highest BCUT2D eigenvalue weighted by atomic mass is 32.1. The van der Waals surface area contributed by atoms with Gasteiger partial charge in [-0.05, 0) is 19.1 Å². The Hall–Kier alpha value is -0.680. The summed E-state index contributed by atoms with van der Waals surface area (Å²) >= 11 is 6.60. The predicted octanol–water partition coefficient (Wildman–Crippen LogP) is 1.05. The van der Waals surface area contributed by atoms with Crippen molar-refractivity contribution in [3.8, 4) is 0 Å². The van der Waals surface area contributed by atoms with Crippen molar-refractivity contribution < 1.29 is 0 Å². The molecule has 66 valence electrons. The molecule has 3 nitrogen and oxygen atoms in total. The van der Waals surface area contributed by atoms with Crippen molar-refractivity contribution in [3.63, 3.8) is 0 Å². The van der Waals surface area contributed by atoms with E-state index in [9.17, 15) is 0 Å². The molecule has 0 saturated carbocycles. The zero-order chi connectivity index (χ0) is 8.97. The van der Waals surface area contributed by atoms with Gasteiger partial charge in [0.2, 0.25) is 0 Å². The summed E-state index contributed by atoms with van der Waals surface area (Å²) < 4.78 is 0.